The summed E-state index contributed by atoms with van der Waals surface area (Å²) >= 11 is -1.18. The van der Waals surface area contributed by atoms with Crippen LogP contribution in [0.2, 0.25) is 0 Å². The average Bonchev–Trinajstić information content (AvgIpc) is 3.52. The molecule has 6 rings (SSSR count). The molecule has 2 fully saturated rings. The predicted molar refractivity (Wildman–Crippen MR) is 181 cm³/mol. The van der Waals surface area contributed by atoms with Crippen molar-refractivity contribution >= 4 is 28.0 Å². The van der Waals surface area contributed by atoms with Crippen molar-refractivity contribution in [3.8, 4) is 0 Å². The van der Waals surface area contributed by atoms with Crippen molar-refractivity contribution in [3.63, 3.8) is 0 Å². The number of hydrogen-bond acceptors (Lipinski definition) is 0. The molecule has 0 bridgehead atoms. The van der Waals surface area contributed by atoms with Gasteiger partial charge in [0.25, 0.3) is 0 Å². The standard InChI is InChI=1S/C21H28P.C17H24P.2ClH.Hf/c1-3-11-19(12-4-1)22(20-13-5-2-6-14-20)21-15-17-9-7-8-10-18(17)16-21;1-13(2)11-18(12-14(3)4)17-9-15-7-5-6-8-16(15)10-17;;;/h7-10,15-16,19-20H,1-6,11-14H2;5-10,13-14H,11-12H2,1-4H3;2*1H;/q;;;;+2/p-2. The first-order valence-electron chi connectivity index (χ1n) is 16.9. The van der Waals surface area contributed by atoms with E-state index in [0.717, 1.165) is 30.5 Å². The third-order valence-electron chi connectivity index (χ3n) is 9.92. The van der Waals surface area contributed by atoms with Crippen LogP contribution in [0.3, 0.4) is 0 Å². The summed E-state index contributed by atoms with van der Waals surface area (Å²) < 4.78 is 1.58. The Morgan fingerprint density at radius 1 is 0.605 bits per heavy atom. The number of benzene rings is 2. The van der Waals surface area contributed by atoms with Crippen LogP contribution < -0.4 is 24.8 Å². The SMILES string of the molecule is CC(C)CP(CC(C)C)C1=Cc2ccccc2[CH]1[Hf+2][CH]1C(P(C2CCCCC2)C2CCCCC2)=Cc2ccccc21.[Cl-].[Cl-]. The molecule has 2 aromatic carbocycles. The van der Waals surface area contributed by atoms with Gasteiger partial charge in [0, 0.05) is 0 Å². The van der Waals surface area contributed by atoms with Crippen LogP contribution in [0.4, 0.5) is 0 Å². The average molecular weight is 820 g/mol. The summed E-state index contributed by atoms with van der Waals surface area (Å²) in [6.07, 6.45) is 23.3. The Balaban J connectivity index is 0.00000212. The summed E-state index contributed by atoms with van der Waals surface area (Å²) in [7, 11) is -0.105. The summed E-state index contributed by atoms with van der Waals surface area (Å²) in [5.41, 5.74) is 8.62. The molecule has 43 heavy (non-hydrogen) atoms. The Morgan fingerprint density at radius 3 is 1.49 bits per heavy atom. The Labute approximate surface area is 289 Å². The number of allylic oxidation sites excluding steroid dienone is 2. The second-order valence-corrected chi connectivity index (χ2v) is 24.6. The molecule has 0 nitrogen and oxygen atoms in total. The molecule has 0 heterocycles. The van der Waals surface area contributed by atoms with Crippen molar-refractivity contribution in [2.75, 3.05) is 12.3 Å². The largest absolute Gasteiger partial charge is 1.00 e. The second kappa shape index (κ2) is 16.9. The monoisotopic (exact) mass is 820 g/mol. The van der Waals surface area contributed by atoms with Crippen LogP contribution in [-0.4, -0.2) is 23.6 Å². The first-order valence-corrected chi connectivity index (χ1v) is 24.2. The fraction of sp³-hybridized carbons (Fsp3) is 0.579. The van der Waals surface area contributed by atoms with E-state index in [1.54, 1.807) is 22.3 Å². The fourth-order valence-corrected chi connectivity index (χ4v) is 26.4. The molecule has 232 valence electrons. The van der Waals surface area contributed by atoms with Crippen molar-refractivity contribution < 1.29 is 47.7 Å². The molecule has 4 aliphatic carbocycles. The molecule has 2 unspecified atom stereocenters. The molecule has 0 N–H and O–H groups in total. The second-order valence-electron chi connectivity index (χ2n) is 14.1. The van der Waals surface area contributed by atoms with Crippen LogP contribution in [0, 0.1) is 11.8 Å². The number of hydrogen-bond donors (Lipinski definition) is 0. The van der Waals surface area contributed by atoms with E-state index in [-0.39, 0.29) is 40.7 Å². The van der Waals surface area contributed by atoms with Crippen molar-refractivity contribution in [2.45, 2.75) is 111 Å². The van der Waals surface area contributed by atoms with Gasteiger partial charge in [-0.1, -0.05) is 0 Å². The number of rotatable bonds is 10. The van der Waals surface area contributed by atoms with Crippen molar-refractivity contribution in [1.82, 2.24) is 0 Å². The molecule has 0 aromatic heterocycles. The van der Waals surface area contributed by atoms with Crippen molar-refractivity contribution in [2.24, 2.45) is 11.8 Å². The molecule has 2 atom stereocenters. The first kappa shape index (κ1) is 36.1. The van der Waals surface area contributed by atoms with Crippen LogP contribution in [0.15, 0.2) is 59.2 Å². The van der Waals surface area contributed by atoms with Crippen LogP contribution >= 0.6 is 15.8 Å². The van der Waals surface area contributed by atoms with E-state index in [1.807, 2.05) is 10.6 Å². The molecule has 2 saturated carbocycles. The minimum atomic E-state index is -1.18. The fourth-order valence-electron chi connectivity index (χ4n) is 8.23. The molecule has 0 spiro atoms. The smallest absolute Gasteiger partial charge is 1.00 e. The molecule has 4 aliphatic rings. The molecule has 5 heteroatoms. The van der Waals surface area contributed by atoms with Gasteiger partial charge in [-0.3, -0.25) is 0 Å². The van der Waals surface area contributed by atoms with Gasteiger partial charge in [0.15, 0.2) is 0 Å². The van der Waals surface area contributed by atoms with E-state index in [1.165, 1.54) is 76.5 Å². The quantitative estimate of drug-likeness (QED) is 0.198. The maximum Gasteiger partial charge on any atom is -1.00 e. The third-order valence-corrected chi connectivity index (χ3v) is 25.6. The number of fused-ring (bicyclic) bond motifs is 2. The van der Waals surface area contributed by atoms with Crippen molar-refractivity contribution in [1.29, 1.82) is 0 Å². The zero-order chi connectivity index (χ0) is 28.3. The molecular weight excluding hydrogens is 768 g/mol. The first-order chi connectivity index (χ1) is 20.0. The minimum absolute atomic E-state index is 0. The normalized spacial score (nSPS) is 22.1. The Hall–Kier alpha value is 0.230. The Morgan fingerprint density at radius 2 is 1.02 bits per heavy atom. The molecular formula is C38H52Cl2HfP2. The summed E-state index contributed by atoms with van der Waals surface area (Å²) in [6.45, 7) is 9.85. The van der Waals surface area contributed by atoms with E-state index < -0.39 is 22.9 Å². The van der Waals surface area contributed by atoms with Gasteiger partial charge in [0.05, 0.1) is 0 Å². The van der Waals surface area contributed by atoms with Gasteiger partial charge in [-0.25, -0.2) is 0 Å². The van der Waals surface area contributed by atoms with Crippen LogP contribution in [0.25, 0.3) is 12.2 Å². The maximum atomic E-state index is 2.80. The zero-order valence-corrected chi connectivity index (χ0v) is 33.8. The van der Waals surface area contributed by atoms with Gasteiger partial charge in [0.2, 0.25) is 0 Å². The van der Waals surface area contributed by atoms with Gasteiger partial charge in [-0.05, 0) is 0 Å². The van der Waals surface area contributed by atoms with Gasteiger partial charge in [-0.2, -0.15) is 0 Å². The number of halogens is 2. The van der Waals surface area contributed by atoms with Crippen LogP contribution in [0.5, 0.6) is 0 Å². The molecule has 0 radical (unpaired) electrons. The molecule has 0 saturated heterocycles. The van der Waals surface area contributed by atoms with E-state index in [0.29, 0.717) is 0 Å². The summed E-state index contributed by atoms with van der Waals surface area (Å²) in [5, 5.41) is 3.92. The van der Waals surface area contributed by atoms with E-state index in [4.69, 9.17) is 0 Å². The summed E-state index contributed by atoms with van der Waals surface area (Å²) in [4.78, 5) is 0. The Bertz CT molecular complexity index is 1210. The van der Waals surface area contributed by atoms with Crippen LogP contribution in [0.1, 0.15) is 122 Å². The van der Waals surface area contributed by atoms with Crippen LogP contribution in [-0.2, 0) is 22.9 Å². The molecule has 2 aromatic rings. The van der Waals surface area contributed by atoms with E-state index >= 15 is 0 Å². The Kier molecular flexibility index (Phi) is 14.2. The summed E-state index contributed by atoms with van der Waals surface area (Å²) in [6, 6.07) is 19.3. The molecule has 0 aliphatic heterocycles. The third kappa shape index (κ3) is 8.40. The van der Waals surface area contributed by atoms with Gasteiger partial charge >= 0.3 is 267 Å². The van der Waals surface area contributed by atoms with Gasteiger partial charge in [0.1, 0.15) is 0 Å². The van der Waals surface area contributed by atoms with Gasteiger partial charge in [-0.15, -0.1) is 0 Å². The molecule has 0 amide bonds. The van der Waals surface area contributed by atoms with Gasteiger partial charge < -0.3 is 24.8 Å². The topological polar surface area (TPSA) is 0 Å². The minimum Gasteiger partial charge on any atom is -1.00 e. The predicted octanol–water partition coefficient (Wildman–Crippen LogP) is 6.21. The van der Waals surface area contributed by atoms with E-state index in [2.05, 4.69) is 88.4 Å². The summed E-state index contributed by atoms with van der Waals surface area (Å²) in [5.74, 6) is 1.57. The van der Waals surface area contributed by atoms with Crippen molar-refractivity contribution in [3.05, 3.63) is 81.4 Å². The van der Waals surface area contributed by atoms with E-state index in [9.17, 15) is 0 Å². The zero-order valence-electron chi connectivity index (χ0n) is 26.9. The maximum absolute atomic E-state index is 2.80.